The Morgan fingerprint density at radius 2 is 2.05 bits per heavy atom. The SMILES string of the molecule is CC.O=Cc1cc2nc(Cl)nc(N3CCOCC3)c2s1. The zero-order chi connectivity index (χ0) is 14.5. The molecule has 0 atom stereocenters. The van der Waals surface area contributed by atoms with Gasteiger partial charge in [0.25, 0.3) is 0 Å². The molecule has 5 nitrogen and oxygen atoms in total. The normalized spacial score (nSPS) is 14.8. The number of hydrogen-bond donors (Lipinski definition) is 0. The van der Waals surface area contributed by atoms with Crippen LogP contribution in [0.3, 0.4) is 0 Å². The van der Waals surface area contributed by atoms with Crippen molar-refractivity contribution in [1.82, 2.24) is 9.97 Å². The van der Waals surface area contributed by atoms with E-state index in [4.69, 9.17) is 16.3 Å². The molecule has 108 valence electrons. The number of aldehydes is 1. The van der Waals surface area contributed by atoms with Gasteiger partial charge in [-0.1, -0.05) is 13.8 Å². The summed E-state index contributed by atoms with van der Waals surface area (Å²) >= 11 is 7.32. The summed E-state index contributed by atoms with van der Waals surface area (Å²) in [5.41, 5.74) is 0.726. The summed E-state index contributed by atoms with van der Waals surface area (Å²) in [4.78, 5) is 22.0. The second-order valence-corrected chi connectivity index (χ2v) is 5.32. The van der Waals surface area contributed by atoms with Crippen molar-refractivity contribution in [2.45, 2.75) is 13.8 Å². The summed E-state index contributed by atoms with van der Waals surface area (Å²) in [6.45, 7) is 6.90. The standard InChI is InChI=1S/C11H10ClN3O2S.C2H6/c12-11-13-8-5-7(6-16)18-9(8)10(14-11)15-1-3-17-4-2-15;1-2/h5-6H,1-4H2;1-2H3. The molecule has 1 fully saturated rings. The first-order valence-corrected chi connectivity index (χ1v) is 7.72. The molecule has 0 N–H and O–H groups in total. The van der Waals surface area contributed by atoms with Crippen molar-refractivity contribution in [3.63, 3.8) is 0 Å². The summed E-state index contributed by atoms with van der Waals surface area (Å²) in [6.07, 6.45) is 0.823. The van der Waals surface area contributed by atoms with Crippen molar-refractivity contribution >= 4 is 45.3 Å². The average molecular weight is 314 g/mol. The average Bonchev–Trinajstić information content (AvgIpc) is 2.92. The zero-order valence-electron chi connectivity index (χ0n) is 11.4. The van der Waals surface area contributed by atoms with Crippen LogP contribution in [0.15, 0.2) is 6.07 Å². The van der Waals surface area contributed by atoms with Crippen molar-refractivity contribution in [1.29, 1.82) is 0 Å². The van der Waals surface area contributed by atoms with Crippen molar-refractivity contribution in [2.75, 3.05) is 31.2 Å². The number of halogens is 1. The Balaban J connectivity index is 0.000000704. The number of morpholine rings is 1. The van der Waals surface area contributed by atoms with E-state index in [0.29, 0.717) is 18.1 Å². The highest BCUT2D eigenvalue weighted by Gasteiger charge is 2.18. The molecule has 0 bridgehead atoms. The van der Waals surface area contributed by atoms with E-state index in [1.807, 2.05) is 13.8 Å². The van der Waals surface area contributed by atoms with Gasteiger partial charge in [0, 0.05) is 13.1 Å². The Morgan fingerprint density at radius 1 is 1.35 bits per heavy atom. The molecule has 1 saturated heterocycles. The van der Waals surface area contributed by atoms with Gasteiger partial charge < -0.3 is 9.64 Å². The van der Waals surface area contributed by atoms with E-state index < -0.39 is 0 Å². The molecule has 3 heterocycles. The fourth-order valence-corrected chi connectivity index (χ4v) is 3.05. The summed E-state index contributed by atoms with van der Waals surface area (Å²) in [7, 11) is 0. The fraction of sp³-hybridized carbons (Fsp3) is 0.462. The first-order valence-electron chi connectivity index (χ1n) is 6.53. The van der Waals surface area contributed by atoms with E-state index in [1.54, 1.807) is 6.07 Å². The van der Waals surface area contributed by atoms with Crippen LogP contribution in [-0.2, 0) is 4.74 Å². The Labute approximate surface area is 126 Å². The van der Waals surface area contributed by atoms with Crippen molar-refractivity contribution in [2.24, 2.45) is 0 Å². The lowest BCUT2D eigenvalue weighted by Gasteiger charge is -2.28. The molecule has 0 aromatic carbocycles. The summed E-state index contributed by atoms with van der Waals surface area (Å²) in [6, 6.07) is 1.74. The molecule has 1 aliphatic rings. The van der Waals surface area contributed by atoms with E-state index in [-0.39, 0.29) is 5.28 Å². The highest BCUT2D eigenvalue weighted by Crippen LogP contribution is 2.32. The number of hydrogen-bond acceptors (Lipinski definition) is 6. The third-order valence-electron chi connectivity index (χ3n) is 2.77. The van der Waals surface area contributed by atoms with Gasteiger partial charge in [-0.05, 0) is 17.7 Å². The maximum absolute atomic E-state index is 10.8. The summed E-state index contributed by atoms with van der Waals surface area (Å²) < 4.78 is 6.22. The minimum absolute atomic E-state index is 0.208. The first-order chi connectivity index (χ1) is 9.78. The molecule has 0 saturated carbocycles. The quantitative estimate of drug-likeness (QED) is 0.630. The maximum Gasteiger partial charge on any atom is 0.224 e. The van der Waals surface area contributed by atoms with Gasteiger partial charge >= 0.3 is 0 Å². The van der Waals surface area contributed by atoms with E-state index in [9.17, 15) is 4.79 Å². The Bertz CT molecular complexity index is 597. The van der Waals surface area contributed by atoms with Gasteiger partial charge in [-0.3, -0.25) is 4.79 Å². The van der Waals surface area contributed by atoms with Gasteiger partial charge in [0.1, 0.15) is 0 Å². The number of carbonyl (C=O) groups excluding carboxylic acids is 1. The van der Waals surface area contributed by atoms with Crippen LogP contribution in [0.4, 0.5) is 5.82 Å². The molecular weight excluding hydrogens is 298 g/mol. The van der Waals surface area contributed by atoms with Crippen molar-refractivity contribution in [3.05, 3.63) is 16.2 Å². The molecule has 3 rings (SSSR count). The molecule has 0 spiro atoms. The van der Waals surface area contributed by atoms with Crippen LogP contribution in [-0.4, -0.2) is 42.6 Å². The summed E-state index contributed by atoms with van der Waals surface area (Å²) in [5.74, 6) is 0.798. The van der Waals surface area contributed by atoms with Crippen LogP contribution in [0.2, 0.25) is 5.28 Å². The topological polar surface area (TPSA) is 55.3 Å². The number of nitrogens with zero attached hydrogens (tertiary/aromatic N) is 3. The highest BCUT2D eigenvalue weighted by atomic mass is 35.5. The van der Waals surface area contributed by atoms with E-state index in [1.165, 1.54) is 11.3 Å². The molecule has 0 unspecified atom stereocenters. The summed E-state index contributed by atoms with van der Waals surface area (Å²) in [5, 5.41) is 0.208. The van der Waals surface area contributed by atoms with Crippen molar-refractivity contribution < 1.29 is 9.53 Å². The van der Waals surface area contributed by atoms with E-state index in [2.05, 4.69) is 14.9 Å². The molecule has 0 aliphatic carbocycles. The van der Waals surface area contributed by atoms with Crippen LogP contribution in [0.25, 0.3) is 10.2 Å². The highest BCUT2D eigenvalue weighted by molar-refractivity contribution is 7.21. The van der Waals surface area contributed by atoms with E-state index >= 15 is 0 Å². The van der Waals surface area contributed by atoms with Crippen LogP contribution in [0.1, 0.15) is 23.5 Å². The molecule has 2 aromatic rings. The second-order valence-electron chi connectivity index (χ2n) is 3.90. The lowest BCUT2D eigenvalue weighted by Crippen LogP contribution is -2.36. The molecule has 0 radical (unpaired) electrons. The maximum atomic E-state index is 10.8. The fourth-order valence-electron chi connectivity index (χ4n) is 1.95. The van der Waals surface area contributed by atoms with Gasteiger partial charge in [0.2, 0.25) is 5.28 Å². The number of rotatable bonds is 2. The minimum Gasteiger partial charge on any atom is -0.378 e. The molecule has 1 aliphatic heterocycles. The number of fused-ring (bicyclic) bond motifs is 1. The molecule has 2 aromatic heterocycles. The van der Waals surface area contributed by atoms with Gasteiger partial charge in [-0.25, -0.2) is 4.98 Å². The monoisotopic (exact) mass is 313 g/mol. The lowest BCUT2D eigenvalue weighted by molar-refractivity contribution is 0.112. The number of carbonyl (C=O) groups is 1. The Hall–Kier alpha value is -1.24. The largest absolute Gasteiger partial charge is 0.378 e. The third kappa shape index (κ3) is 3.08. The predicted octanol–water partition coefficient (Wildman–Crippen LogP) is 3.02. The molecular formula is C13H16ClN3O2S. The van der Waals surface area contributed by atoms with Gasteiger partial charge in [-0.15, -0.1) is 11.3 Å². The molecule has 0 amide bonds. The van der Waals surface area contributed by atoms with Crippen LogP contribution < -0.4 is 4.90 Å². The first kappa shape index (κ1) is 15.2. The number of ether oxygens (including phenoxy) is 1. The third-order valence-corrected chi connectivity index (χ3v) is 3.99. The molecule has 20 heavy (non-hydrogen) atoms. The minimum atomic E-state index is 0.208. The van der Waals surface area contributed by atoms with Gasteiger partial charge in [0.15, 0.2) is 12.1 Å². The van der Waals surface area contributed by atoms with E-state index in [0.717, 1.165) is 35.4 Å². The number of aromatic nitrogens is 2. The Morgan fingerprint density at radius 3 is 2.70 bits per heavy atom. The van der Waals surface area contributed by atoms with Gasteiger partial charge in [-0.2, -0.15) is 4.98 Å². The predicted molar refractivity (Wildman–Crippen MR) is 82.2 cm³/mol. The number of thiophene rings is 1. The Kier molecular flexibility index (Phi) is 5.28. The van der Waals surface area contributed by atoms with Crippen LogP contribution >= 0.6 is 22.9 Å². The van der Waals surface area contributed by atoms with Crippen molar-refractivity contribution in [3.8, 4) is 0 Å². The molecule has 7 heteroatoms. The van der Waals surface area contributed by atoms with Crippen LogP contribution in [0.5, 0.6) is 0 Å². The number of anilines is 1. The van der Waals surface area contributed by atoms with Gasteiger partial charge in [0.05, 0.1) is 28.3 Å². The second kappa shape index (κ2) is 6.97. The lowest BCUT2D eigenvalue weighted by atomic mass is 10.3. The zero-order valence-corrected chi connectivity index (χ0v) is 13.0. The van der Waals surface area contributed by atoms with Crippen LogP contribution in [0, 0.1) is 0 Å². The smallest absolute Gasteiger partial charge is 0.224 e.